The topological polar surface area (TPSA) is 95.5 Å². The van der Waals surface area contributed by atoms with Gasteiger partial charge in [0.2, 0.25) is 5.95 Å². The summed E-state index contributed by atoms with van der Waals surface area (Å²) in [6.07, 6.45) is 5.18. The Balaban J connectivity index is 1.40. The molecule has 3 aliphatic rings. The summed E-state index contributed by atoms with van der Waals surface area (Å²) in [6, 6.07) is 6.26. The average Bonchev–Trinajstić information content (AvgIpc) is 3.57. The first kappa shape index (κ1) is 24.9. The van der Waals surface area contributed by atoms with Crippen molar-refractivity contribution in [2.75, 3.05) is 47.6 Å². The molecule has 0 radical (unpaired) electrons. The molecule has 1 saturated carbocycles. The fraction of sp³-hybridized carbons (Fsp3) is 0.560. The van der Waals surface area contributed by atoms with Crippen molar-refractivity contribution >= 4 is 33.2 Å². The van der Waals surface area contributed by atoms with Crippen LogP contribution in [0.25, 0.3) is 0 Å². The molecule has 36 heavy (non-hydrogen) atoms. The van der Waals surface area contributed by atoms with E-state index in [9.17, 15) is 22.0 Å². The van der Waals surface area contributed by atoms with Crippen LogP contribution in [-0.4, -0.2) is 62.7 Å². The molecule has 1 aromatic heterocycles. The van der Waals surface area contributed by atoms with Gasteiger partial charge in [0.05, 0.1) is 16.1 Å². The number of alkyl halides is 2. The third kappa shape index (κ3) is 5.30. The van der Waals surface area contributed by atoms with Gasteiger partial charge in [-0.15, -0.1) is 0 Å². The van der Waals surface area contributed by atoms with Crippen LogP contribution in [0.5, 0.6) is 0 Å². The van der Waals surface area contributed by atoms with E-state index in [1.807, 2.05) is 0 Å². The number of nitrogens with zero attached hydrogens (tertiary/aromatic N) is 4. The number of anilines is 3. The number of carbonyl (C=O) groups is 1. The largest absolute Gasteiger partial charge is 0.371 e. The summed E-state index contributed by atoms with van der Waals surface area (Å²) in [6.45, 7) is 3.62. The standard InChI is InChI=1S/C25H31F2N5O3S/c1-17-15-21(32-13-9-25(26,27)10-14-32)29-23(28-17)30-22(33)19-4-3-18(36(2,34)35)16-20(19)31-11-7-24(5-6-24)8-12-31/h3-4,15-16H,5-14H2,1-2H3,(H,28,29,30,33). The predicted octanol–water partition coefficient (Wildman–Crippen LogP) is 4.06. The minimum Gasteiger partial charge on any atom is -0.371 e. The number of halogens is 2. The van der Waals surface area contributed by atoms with E-state index in [1.54, 1.807) is 24.0 Å². The van der Waals surface area contributed by atoms with E-state index in [0.717, 1.165) is 32.2 Å². The number of hydrogen-bond donors (Lipinski definition) is 1. The van der Waals surface area contributed by atoms with Crippen molar-refractivity contribution in [3.63, 3.8) is 0 Å². The van der Waals surface area contributed by atoms with Gasteiger partial charge in [-0.05, 0) is 56.2 Å². The van der Waals surface area contributed by atoms with E-state index >= 15 is 0 Å². The van der Waals surface area contributed by atoms with E-state index in [-0.39, 0.29) is 36.8 Å². The molecular weight excluding hydrogens is 488 g/mol. The summed E-state index contributed by atoms with van der Waals surface area (Å²) in [5.41, 5.74) is 1.96. The summed E-state index contributed by atoms with van der Waals surface area (Å²) >= 11 is 0. The normalized spacial score (nSPS) is 20.9. The van der Waals surface area contributed by atoms with E-state index < -0.39 is 21.7 Å². The summed E-state index contributed by atoms with van der Waals surface area (Å²) in [5, 5.41) is 2.75. The van der Waals surface area contributed by atoms with Gasteiger partial charge in [0.1, 0.15) is 5.82 Å². The van der Waals surface area contributed by atoms with Crippen LogP contribution in [0.2, 0.25) is 0 Å². The first-order chi connectivity index (χ1) is 16.9. The van der Waals surface area contributed by atoms with Crippen LogP contribution in [-0.2, 0) is 9.84 Å². The number of amides is 1. The Morgan fingerprint density at radius 1 is 0.944 bits per heavy atom. The minimum absolute atomic E-state index is 0.0843. The average molecular weight is 520 g/mol. The summed E-state index contributed by atoms with van der Waals surface area (Å²) in [7, 11) is -3.45. The van der Waals surface area contributed by atoms with Gasteiger partial charge in [-0.25, -0.2) is 22.2 Å². The number of aromatic nitrogens is 2. The smallest absolute Gasteiger partial charge is 0.260 e. The second-order valence-corrected chi connectivity index (χ2v) is 12.4. The molecular formula is C25H31F2N5O3S. The van der Waals surface area contributed by atoms with Crippen LogP contribution >= 0.6 is 0 Å². The zero-order chi connectivity index (χ0) is 25.7. The second kappa shape index (κ2) is 8.93. The molecule has 3 fully saturated rings. The third-order valence-electron chi connectivity index (χ3n) is 7.65. The molecule has 1 aromatic carbocycles. The van der Waals surface area contributed by atoms with Gasteiger partial charge in [0.15, 0.2) is 9.84 Å². The molecule has 2 aromatic rings. The van der Waals surface area contributed by atoms with Crippen molar-refractivity contribution in [1.29, 1.82) is 0 Å². The lowest BCUT2D eigenvalue weighted by Gasteiger charge is -2.35. The number of rotatable bonds is 5. The molecule has 3 heterocycles. The highest BCUT2D eigenvalue weighted by Crippen LogP contribution is 2.54. The SMILES string of the molecule is Cc1cc(N2CCC(F)(F)CC2)nc(NC(=O)c2ccc(S(C)(=O)=O)cc2N2CCC3(CC2)CC3)n1. The minimum atomic E-state index is -3.45. The number of piperidine rings is 2. The lowest BCUT2D eigenvalue weighted by molar-refractivity contribution is -0.0221. The maximum Gasteiger partial charge on any atom is 0.260 e. The zero-order valence-corrected chi connectivity index (χ0v) is 21.4. The number of sulfone groups is 1. The number of hydrogen-bond acceptors (Lipinski definition) is 7. The Morgan fingerprint density at radius 2 is 1.58 bits per heavy atom. The molecule has 5 rings (SSSR count). The Bertz CT molecular complexity index is 1280. The lowest BCUT2D eigenvalue weighted by Crippen LogP contribution is -2.40. The molecule has 1 spiro atoms. The Hall–Kier alpha value is -2.82. The molecule has 0 atom stereocenters. The van der Waals surface area contributed by atoms with Crippen molar-refractivity contribution in [2.24, 2.45) is 5.41 Å². The van der Waals surface area contributed by atoms with Gasteiger partial charge in [-0.1, -0.05) is 0 Å². The van der Waals surface area contributed by atoms with Crippen molar-refractivity contribution < 1.29 is 22.0 Å². The summed E-state index contributed by atoms with van der Waals surface area (Å²) < 4.78 is 51.6. The molecule has 0 bridgehead atoms. The molecule has 2 aliphatic heterocycles. The lowest BCUT2D eigenvalue weighted by atomic mass is 9.93. The molecule has 8 nitrogen and oxygen atoms in total. The fourth-order valence-corrected chi connectivity index (χ4v) is 5.74. The molecule has 1 aliphatic carbocycles. The quantitative estimate of drug-likeness (QED) is 0.637. The van der Waals surface area contributed by atoms with Gasteiger partial charge in [0.25, 0.3) is 11.8 Å². The fourth-order valence-electron chi connectivity index (χ4n) is 5.10. The van der Waals surface area contributed by atoms with Gasteiger partial charge in [-0.3, -0.25) is 10.1 Å². The highest BCUT2D eigenvalue weighted by molar-refractivity contribution is 7.90. The van der Waals surface area contributed by atoms with Crippen LogP contribution in [0.4, 0.5) is 26.2 Å². The van der Waals surface area contributed by atoms with Gasteiger partial charge in [0, 0.05) is 57.0 Å². The molecule has 2 saturated heterocycles. The van der Waals surface area contributed by atoms with Crippen LogP contribution < -0.4 is 15.1 Å². The highest BCUT2D eigenvalue weighted by atomic mass is 32.2. The number of nitrogens with one attached hydrogen (secondary N) is 1. The van der Waals surface area contributed by atoms with Crippen molar-refractivity contribution in [2.45, 2.75) is 56.3 Å². The highest BCUT2D eigenvalue weighted by Gasteiger charge is 2.44. The van der Waals surface area contributed by atoms with Crippen LogP contribution in [0.15, 0.2) is 29.2 Å². The Kier molecular flexibility index (Phi) is 6.17. The van der Waals surface area contributed by atoms with Crippen molar-refractivity contribution in [1.82, 2.24) is 9.97 Å². The van der Waals surface area contributed by atoms with E-state index in [1.165, 1.54) is 25.0 Å². The Morgan fingerprint density at radius 3 is 2.19 bits per heavy atom. The Labute approximate surface area is 210 Å². The maximum atomic E-state index is 13.6. The van der Waals surface area contributed by atoms with Crippen molar-refractivity contribution in [3.8, 4) is 0 Å². The third-order valence-corrected chi connectivity index (χ3v) is 8.76. The van der Waals surface area contributed by atoms with E-state index in [2.05, 4.69) is 20.2 Å². The predicted molar refractivity (Wildman–Crippen MR) is 134 cm³/mol. The monoisotopic (exact) mass is 519 g/mol. The molecule has 0 unspecified atom stereocenters. The number of carbonyl (C=O) groups excluding carboxylic acids is 1. The maximum absolute atomic E-state index is 13.6. The zero-order valence-electron chi connectivity index (χ0n) is 20.6. The summed E-state index contributed by atoms with van der Waals surface area (Å²) in [5.74, 6) is -2.54. The molecule has 1 N–H and O–H groups in total. The van der Waals surface area contributed by atoms with Gasteiger partial charge < -0.3 is 9.80 Å². The van der Waals surface area contributed by atoms with E-state index in [4.69, 9.17) is 0 Å². The van der Waals surface area contributed by atoms with E-state index in [0.29, 0.717) is 28.2 Å². The van der Waals surface area contributed by atoms with Crippen LogP contribution in [0.1, 0.15) is 54.6 Å². The van der Waals surface area contributed by atoms with Gasteiger partial charge in [-0.2, -0.15) is 4.98 Å². The van der Waals surface area contributed by atoms with Crippen LogP contribution in [0, 0.1) is 12.3 Å². The van der Waals surface area contributed by atoms with Gasteiger partial charge >= 0.3 is 0 Å². The van der Waals surface area contributed by atoms with Crippen molar-refractivity contribution in [3.05, 3.63) is 35.5 Å². The number of aryl methyl sites for hydroxylation is 1. The van der Waals surface area contributed by atoms with Crippen LogP contribution in [0.3, 0.4) is 0 Å². The number of benzene rings is 1. The molecule has 194 valence electrons. The first-order valence-corrected chi connectivity index (χ1v) is 14.2. The first-order valence-electron chi connectivity index (χ1n) is 12.3. The summed E-state index contributed by atoms with van der Waals surface area (Å²) in [4.78, 5) is 26.2. The second-order valence-electron chi connectivity index (χ2n) is 10.4. The molecule has 11 heteroatoms. The molecule has 1 amide bonds.